The third kappa shape index (κ3) is 2.85. The summed E-state index contributed by atoms with van der Waals surface area (Å²) in [6.07, 6.45) is 8.65. The molecule has 0 saturated carbocycles. The van der Waals surface area contributed by atoms with Crippen LogP contribution in [0.3, 0.4) is 0 Å². The maximum absolute atomic E-state index is 4.64. The second-order valence-corrected chi connectivity index (χ2v) is 5.86. The van der Waals surface area contributed by atoms with Gasteiger partial charge < -0.3 is 0 Å². The standard InChI is InChI=1S/C18H24N2/c1-2-3-11-20-12-7-6-10-18(20)16-13-15-8-4-5-9-17(15)19-14-16/h4-5,8-9,13-14,18H,2-3,6-7,10-12H2,1H3/t18-/m0/s1. The smallest absolute Gasteiger partial charge is 0.0702 e. The zero-order chi connectivity index (χ0) is 13.8. The molecule has 1 atom stereocenters. The summed E-state index contributed by atoms with van der Waals surface area (Å²) in [7, 11) is 0. The van der Waals surface area contributed by atoms with Gasteiger partial charge in [0.1, 0.15) is 0 Å². The topological polar surface area (TPSA) is 16.1 Å². The lowest BCUT2D eigenvalue weighted by molar-refractivity contribution is 0.146. The molecule has 1 aliphatic rings. The monoisotopic (exact) mass is 268 g/mol. The number of rotatable bonds is 4. The second-order valence-electron chi connectivity index (χ2n) is 5.86. The van der Waals surface area contributed by atoms with Gasteiger partial charge in [0, 0.05) is 17.6 Å². The van der Waals surface area contributed by atoms with Crippen LogP contribution in [0.15, 0.2) is 36.5 Å². The molecule has 20 heavy (non-hydrogen) atoms. The normalized spacial score (nSPS) is 20.4. The van der Waals surface area contributed by atoms with Gasteiger partial charge >= 0.3 is 0 Å². The van der Waals surface area contributed by atoms with E-state index in [0.29, 0.717) is 6.04 Å². The number of benzene rings is 1. The van der Waals surface area contributed by atoms with E-state index in [1.807, 2.05) is 0 Å². The minimum atomic E-state index is 0.576. The lowest BCUT2D eigenvalue weighted by atomic mass is 9.95. The van der Waals surface area contributed by atoms with Crippen LogP contribution in [0.25, 0.3) is 10.9 Å². The van der Waals surface area contributed by atoms with Crippen LogP contribution in [0.2, 0.25) is 0 Å². The molecule has 0 spiro atoms. The Morgan fingerprint density at radius 3 is 3.05 bits per heavy atom. The number of aromatic nitrogens is 1. The fourth-order valence-electron chi connectivity index (χ4n) is 3.27. The molecule has 1 fully saturated rings. The maximum Gasteiger partial charge on any atom is 0.0702 e. The summed E-state index contributed by atoms with van der Waals surface area (Å²) in [5.74, 6) is 0. The molecule has 2 heteroatoms. The first kappa shape index (κ1) is 13.6. The average molecular weight is 268 g/mol. The molecule has 0 aliphatic carbocycles. The van der Waals surface area contributed by atoms with Crippen molar-refractivity contribution in [2.45, 2.75) is 45.1 Å². The predicted molar refractivity (Wildman–Crippen MR) is 84.8 cm³/mol. The number of nitrogens with zero attached hydrogens (tertiary/aromatic N) is 2. The molecular formula is C18H24N2. The number of likely N-dealkylation sites (tertiary alicyclic amines) is 1. The van der Waals surface area contributed by atoms with E-state index in [-0.39, 0.29) is 0 Å². The van der Waals surface area contributed by atoms with E-state index in [2.05, 4.69) is 53.3 Å². The fraction of sp³-hybridized carbons (Fsp3) is 0.500. The van der Waals surface area contributed by atoms with E-state index < -0.39 is 0 Å². The van der Waals surface area contributed by atoms with Gasteiger partial charge in [0.2, 0.25) is 0 Å². The number of hydrogen-bond acceptors (Lipinski definition) is 2. The maximum atomic E-state index is 4.64. The summed E-state index contributed by atoms with van der Waals surface area (Å²) in [6.45, 7) is 4.75. The molecule has 0 unspecified atom stereocenters. The molecule has 1 aliphatic heterocycles. The van der Waals surface area contributed by atoms with Crippen molar-refractivity contribution in [1.29, 1.82) is 0 Å². The number of para-hydroxylation sites is 1. The van der Waals surface area contributed by atoms with Crippen LogP contribution in [-0.2, 0) is 0 Å². The quantitative estimate of drug-likeness (QED) is 0.808. The molecule has 0 bridgehead atoms. The highest BCUT2D eigenvalue weighted by molar-refractivity contribution is 5.78. The Kier molecular flexibility index (Phi) is 4.31. The highest BCUT2D eigenvalue weighted by Gasteiger charge is 2.23. The van der Waals surface area contributed by atoms with Crippen molar-refractivity contribution in [3.8, 4) is 0 Å². The van der Waals surface area contributed by atoms with Gasteiger partial charge in [-0.3, -0.25) is 9.88 Å². The molecule has 2 heterocycles. The Labute approximate surface area is 121 Å². The van der Waals surface area contributed by atoms with Gasteiger partial charge in [-0.2, -0.15) is 0 Å². The first-order chi connectivity index (χ1) is 9.88. The summed E-state index contributed by atoms with van der Waals surface area (Å²) in [5, 5.41) is 1.27. The molecule has 0 N–H and O–H groups in total. The molecule has 0 radical (unpaired) electrons. The molecular weight excluding hydrogens is 244 g/mol. The van der Waals surface area contributed by atoms with E-state index in [4.69, 9.17) is 0 Å². The Bertz CT molecular complexity index is 564. The van der Waals surface area contributed by atoms with Gasteiger partial charge in [-0.25, -0.2) is 0 Å². The van der Waals surface area contributed by atoms with Crippen molar-refractivity contribution in [2.24, 2.45) is 0 Å². The summed E-state index contributed by atoms with van der Waals surface area (Å²) in [4.78, 5) is 7.31. The van der Waals surface area contributed by atoms with Gasteiger partial charge in [-0.15, -0.1) is 0 Å². The van der Waals surface area contributed by atoms with Crippen LogP contribution in [0, 0.1) is 0 Å². The summed E-state index contributed by atoms with van der Waals surface area (Å²) < 4.78 is 0. The summed E-state index contributed by atoms with van der Waals surface area (Å²) in [5.41, 5.74) is 2.51. The SMILES string of the molecule is CCCCN1CCCC[C@H]1c1cnc2ccccc2c1. The third-order valence-electron chi connectivity index (χ3n) is 4.41. The van der Waals surface area contributed by atoms with Crippen molar-refractivity contribution in [3.63, 3.8) is 0 Å². The average Bonchev–Trinajstić information content (AvgIpc) is 2.53. The van der Waals surface area contributed by atoms with Crippen LogP contribution >= 0.6 is 0 Å². The highest BCUT2D eigenvalue weighted by Crippen LogP contribution is 2.31. The van der Waals surface area contributed by atoms with Crippen LogP contribution < -0.4 is 0 Å². The van der Waals surface area contributed by atoms with Crippen LogP contribution in [0.1, 0.15) is 50.6 Å². The molecule has 106 valence electrons. The zero-order valence-electron chi connectivity index (χ0n) is 12.4. The van der Waals surface area contributed by atoms with Crippen molar-refractivity contribution < 1.29 is 0 Å². The Hall–Kier alpha value is -1.41. The van der Waals surface area contributed by atoms with E-state index in [1.165, 1.54) is 56.1 Å². The largest absolute Gasteiger partial charge is 0.296 e. The van der Waals surface area contributed by atoms with Gasteiger partial charge in [-0.1, -0.05) is 38.0 Å². The molecule has 0 amide bonds. The molecule has 2 nitrogen and oxygen atoms in total. The van der Waals surface area contributed by atoms with E-state index in [9.17, 15) is 0 Å². The van der Waals surface area contributed by atoms with Crippen molar-refractivity contribution in [1.82, 2.24) is 9.88 Å². The number of pyridine rings is 1. The Morgan fingerprint density at radius 2 is 2.15 bits per heavy atom. The number of hydrogen-bond donors (Lipinski definition) is 0. The highest BCUT2D eigenvalue weighted by atomic mass is 15.2. The van der Waals surface area contributed by atoms with Gasteiger partial charge in [0.05, 0.1) is 5.52 Å². The van der Waals surface area contributed by atoms with Crippen LogP contribution in [0.4, 0.5) is 0 Å². The minimum Gasteiger partial charge on any atom is -0.296 e. The van der Waals surface area contributed by atoms with E-state index >= 15 is 0 Å². The van der Waals surface area contributed by atoms with Crippen molar-refractivity contribution in [3.05, 3.63) is 42.1 Å². The van der Waals surface area contributed by atoms with Gasteiger partial charge in [0.15, 0.2) is 0 Å². The number of unbranched alkanes of at least 4 members (excludes halogenated alkanes) is 1. The predicted octanol–water partition coefficient (Wildman–Crippen LogP) is 4.56. The van der Waals surface area contributed by atoms with Crippen molar-refractivity contribution >= 4 is 10.9 Å². The van der Waals surface area contributed by atoms with Crippen molar-refractivity contribution in [2.75, 3.05) is 13.1 Å². The Morgan fingerprint density at radius 1 is 1.25 bits per heavy atom. The summed E-state index contributed by atoms with van der Waals surface area (Å²) in [6, 6.07) is 11.3. The lowest BCUT2D eigenvalue weighted by Gasteiger charge is -2.36. The number of piperidine rings is 1. The fourth-order valence-corrected chi connectivity index (χ4v) is 3.27. The Balaban J connectivity index is 1.86. The van der Waals surface area contributed by atoms with E-state index in [0.717, 1.165) is 5.52 Å². The van der Waals surface area contributed by atoms with Gasteiger partial charge in [-0.05, 0) is 50.0 Å². The first-order valence-corrected chi connectivity index (χ1v) is 7.97. The minimum absolute atomic E-state index is 0.576. The van der Waals surface area contributed by atoms with Crippen LogP contribution in [-0.4, -0.2) is 23.0 Å². The first-order valence-electron chi connectivity index (χ1n) is 7.97. The number of fused-ring (bicyclic) bond motifs is 1. The second kappa shape index (κ2) is 6.36. The van der Waals surface area contributed by atoms with E-state index in [1.54, 1.807) is 0 Å². The molecule has 1 aromatic carbocycles. The summed E-state index contributed by atoms with van der Waals surface area (Å²) >= 11 is 0. The molecule has 1 aromatic heterocycles. The van der Waals surface area contributed by atoms with Gasteiger partial charge in [0.25, 0.3) is 0 Å². The molecule has 3 rings (SSSR count). The molecule has 1 saturated heterocycles. The lowest BCUT2D eigenvalue weighted by Crippen LogP contribution is -2.34. The molecule has 2 aromatic rings. The third-order valence-corrected chi connectivity index (χ3v) is 4.41. The van der Waals surface area contributed by atoms with Crippen LogP contribution in [0.5, 0.6) is 0 Å². The zero-order valence-corrected chi connectivity index (χ0v) is 12.4.